The Morgan fingerprint density at radius 1 is 1.00 bits per heavy atom. The van der Waals surface area contributed by atoms with Crippen molar-refractivity contribution in [1.29, 1.82) is 0 Å². The summed E-state index contributed by atoms with van der Waals surface area (Å²) in [5.41, 5.74) is 3.40. The number of nitrogens with zero attached hydrogens (tertiary/aromatic N) is 2. The first-order valence-electron chi connectivity index (χ1n) is 10.9. The highest BCUT2D eigenvalue weighted by Gasteiger charge is 2.46. The van der Waals surface area contributed by atoms with Gasteiger partial charge in [-0.3, -0.25) is 9.59 Å². The predicted molar refractivity (Wildman–Crippen MR) is 111 cm³/mol. The van der Waals surface area contributed by atoms with Gasteiger partial charge in [-0.05, 0) is 47.8 Å². The molecule has 1 atom stereocenters. The summed E-state index contributed by atoms with van der Waals surface area (Å²) < 4.78 is 10.5. The molecule has 5 rings (SSSR count). The van der Waals surface area contributed by atoms with Gasteiger partial charge in [0.25, 0.3) is 5.91 Å². The van der Waals surface area contributed by atoms with Crippen molar-refractivity contribution in [3.63, 3.8) is 0 Å². The highest BCUT2D eigenvalue weighted by atomic mass is 16.5. The van der Waals surface area contributed by atoms with E-state index in [9.17, 15) is 9.59 Å². The molecule has 158 valence electrons. The van der Waals surface area contributed by atoms with E-state index in [0.717, 1.165) is 32.4 Å². The fourth-order valence-electron chi connectivity index (χ4n) is 5.54. The van der Waals surface area contributed by atoms with Gasteiger partial charge in [-0.25, -0.2) is 0 Å². The second-order valence-corrected chi connectivity index (χ2v) is 8.77. The maximum Gasteiger partial charge on any atom is 0.257 e. The molecule has 2 aromatic rings. The molecule has 3 aliphatic rings. The Bertz CT molecular complexity index is 909. The Balaban J connectivity index is 1.31. The molecule has 6 heteroatoms. The van der Waals surface area contributed by atoms with E-state index >= 15 is 0 Å². The first-order chi connectivity index (χ1) is 14.7. The maximum atomic E-state index is 12.9. The van der Waals surface area contributed by atoms with Crippen molar-refractivity contribution in [2.24, 2.45) is 0 Å². The Morgan fingerprint density at radius 2 is 1.77 bits per heavy atom. The minimum Gasteiger partial charge on any atom is -0.472 e. The van der Waals surface area contributed by atoms with E-state index < -0.39 is 0 Å². The van der Waals surface area contributed by atoms with Crippen LogP contribution in [-0.4, -0.2) is 61.0 Å². The molecule has 1 aliphatic carbocycles. The number of furan rings is 1. The highest BCUT2D eigenvalue weighted by Crippen LogP contribution is 2.52. The largest absolute Gasteiger partial charge is 0.472 e. The van der Waals surface area contributed by atoms with Crippen LogP contribution in [0.3, 0.4) is 0 Å². The smallest absolute Gasteiger partial charge is 0.257 e. The molecule has 1 aromatic carbocycles. The SMILES string of the molecule is O=C(C[C@H]1CC2(CCN(C(=O)c3ccoc3)CC2)c2ccccc21)N1CCOCC1. The van der Waals surface area contributed by atoms with E-state index in [-0.39, 0.29) is 23.1 Å². The number of rotatable bonds is 3. The minimum atomic E-state index is 0.0453. The van der Waals surface area contributed by atoms with Crippen molar-refractivity contribution >= 4 is 11.8 Å². The number of amides is 2. The minimum absolute atomic E-state index is 0.0453. The van der Waals surface area contributed by atoms with Crippen LogP contribution in [-0.2, 0) is 14.9 Å². The molecule has 2 fully saturated rings. The normalized spacial score (nSPS) is 22.9. The van der Waals surface area contributed by atoms with Gasteiger partial charge in [-0.15, -0.1) is 0 Å². The monoisotopic (exact) mass is 408 g/mol. The molecular formula is C24H28N2O4. The number of morpholine rings is 1. The molecular weight excluding hydrogens is 380 g/mol. The summed E-state index contributed by atoms with van der Waals surface area (Å²) in [6.07, 6.45) is 6.51. The quantitative estimate of drug-likeness (QED) is 0.783. The number of carbonyl (C=O) groups is 2. The Morgan fingerprint density at radius 3 is 2.50 bits per heavy atom. The van der Waals surface area contributed by atoms with Crippen LogP contribution in [0.4, 0.5) is 0 Å². The van der Waals surface area contributed by atoms with E-state index in [1.165, 1.54) is 17.4 Å². The predicted octanol–water partition coefficient (Wildman–Crippen LogP) is 3.19. The number of hydrogen-bond donors (Lipinski definition) is 0. The standard InChI is InChI=1S/C24H28N2O4/c27-22(25-10-13-29-14-11-25)15-19-16-24(21-4-2-1-3-20(19)21)6-8-26(9-7-24)23(28)18-5-12-30-17-18/h1-5,12,17,19H,6-11,13-16H2/t19-/m0/s1. The molecule has 0 unspecified atom stereocenters. The number of fused-ring (bicyclic) bond motifs is 2. The van der Waals surface area contributed by atoms with Gasteiger partial charge < -0.3 is 19.0 Å². The average molecular weight is 408 g/mol. The van der Waals surface area contributed by atoms with Crippen LogP contribution in [0.2, 0.25) is 0 Å². The van der Waals surface area contributed by atoms with Crippen LogP contribution < -0.4 is 0 Å². The van der Waals surface area contributed by atoms with Gasteiger partial charge in [-0.2, -0.15) is 0 Å². The lowest BCUT2D eigenvalue weighted by atomic mass is 9.73. The molecule has 2 amide bonds. The summed E-state index contributed by atoms with van der Waals surface area (Å²) in [7, 11) is 0. The number of ether oxygens (including phenoxy) is 1. The highest BCUT2D eigenvalue weighted by molar-refractivity contribution is 5.93. The van der Waals surface area contributed by atoms with E-state index in [1.807, 2.05) is 9.80 Å². The summed E-state index contributed by atoms with van der Waals surface area (Å²) in [5, 5.41) is 0. The molecule has 1 spiro atoms. The van der Waals surface area contributed by atoms with Gasteiger partial charge >= 0.3 is 0 Å². The summed E-state index contributed by atoms with van der Waals surface area (Å²) in [6.45, 7) is 4.15. The molecule has 1 aromatic heterocycles. The molecule has 6 nitrogen and oxygen atoms in total. The molecule has 0 radical (unpaired) electrons. The Labute approximate surface area is 176 Å². The van der Waals surface area contributed by atoms with Crippen molar-refractivity contribution in [2.75, 3.05) is 39.4 Å². The first-order valence-corrected chi connectivity index (χ1v) is 10.9. The Kier molecular flexibility index (Phi) is 5.11. The topological polar surface area (TPSA) is 63.0 Å². The molecule has 0 N–H and O–H groups in total. The molecule has 2 aliphatic heterocycles. The van der Waals surface area contributed by atoms with Crippen LogP contribution in [0, 0.1) is 0 Å². The van der Waals surface area contributed by atoms with Crippen molar-refractivity contribution in [2.45, 2.75) is 37.0 Å². The molecule has 2 saturated heterocycles. The van der Waals surface area contributed by atoms with Gasteiger partial charge in [0.2, 0.25) is 5.91 Å². The third-order valence-corrected chi connectivity index (χ3v) is 7.17. The number of benzene rings is 1. The fraction of sp³-hybridized carbons (Fsp3) is 0.500. The van der Waals surface area contributed by atoms with Crippen LogP contribution in [0.25, 0.3) is 0 Å². The van der Waals surface area contributed by atoms with Crippen molar-refractivity contribution in [3.8, 4) is 0 Å². The average Bonchev–Trinajstić information content (AvgIpc) is 3.43. The molecule has 3 heterocycles. The molecule has 0 saturated carbocycles. The van der Waals surface area contributed by atoms with Crippen LogP contribution in [0.15, 0.2) is 47.3 Å². The van der Waals surface area contributed by atoms with Crippen LogP contribution >= 0.6 is 0 Å². The number of likely N-dealkylation sites (tertiary alicyclic amines) is 1. The van der Waals surface area contributed by atoms with Crippen molar-refractivity contribution in [1.82, 2.24) is 9.80 Å². The first kappa shape index (κ1) is 19.4. The maximum absolute atomic E-state index is 12.9. The zero-order valence-corrected chi connectivity index (χ0v) is 17.2. The van der Waals surface area contributed by atoms with Crippen LogP contribution in [0.5, 0.6) is 0 Å². The van der Waals surface area contributed by atoms with Gasteiger partial charge in [0.1, 0.15) is 6.26 Å². The summed E-state index contributed by atoms with van der Waals surface area (Å²) >= 11 is 0. The van der Waals surface area contributed by atoms with Crippen molar-refractivity contribution in [3.05, 3.63) is 59.5 Å². The summed E-state index contributed by atoms with van der Waals surface area (Å²) in [5.74, 6) is 0.541. The second-order valence-electron chi connectivity index (χ2n) is 8.77. The van der Waals surface area contributed by atoms with E-state index in [2.05, 4.69) is 24.3 Å². The van der Waals surface area contributed by atoms with E-state index in [1.54, 1.807) is 12.3 Å². The van der Waals surface area contributed by atoms with Gasteiger partial charge in [0, 0.05) is 32.6 Å². The summed E-state index contributed by atoms with van der Waals surface area (Å²) in [4.78, 5) is 29.5. The van der Waals surface area contributed by atoms with E-state index in [4.69, 9.17) is 9.15 Å². The van der Waals surface area contributed by atoms with Crippen LogP contribution in [0.1, 0.15) is 53.1 Å². The molecule has 0 bridgehead atoms. The fourth-order valence-corrected chi connectivity index (χ4v) is 5.54. The second kappa shape index (κ2) is 7.91. The Hall–Kier alpha value is -2.60. The lowest BCUT2D eigenvalue weighted by molar-refractivity contribution is -0.135. The summed E-state index contributed by atoms with van der Waals surface area (Å²) in [6, 6.07) is 10.4. The third kappa shape index (κ3) is 3.43. The van der Waals surface area contributed by atoms with Gasteiger partial charge in [-0.1, -0.05) is 24.3 Å². The molecule has 30 heavy (non-hydrogen) atoms. The van der Waals surface area contributed by atoms with E-state index in [0.29, 0.717) is 38.3 Å². The third-order valence-electron chi connectivity index (χ3n) is 7.17. The van der Waals surface area contributed by atoms with Gasteiger partial charge in [0.05, 0.1) is 25.0 Å². The number of piperidine rings is 1. The zero-order chi connectivity index (χ0) is 20.6. The van der Waals surface area contributed by atoms with Crippen molar-refractivity contribution < 1.29 is 18.7 Å². The lowest BCUT2D eigenvalue weighted by Gasteiger charge is -2.40. The lowest BCUT2D eigenvalue weighted by Crippen LogP contribution is -2.44. The number of carbonyl (C=O) groups excluding carboxylic acids is 2. The van der Waals surface area contributed by atoms with Gasteiger partial charge in [0.15, 0.2) is 0 Å². The zero-order valence-electron chi connectivity index (χ0n) is 17.2. The number of hydrogen-bond acceptors (Lipinski definition) is 4.